The molecule has 6 nitrogen and oxygen atoms in total. The number of carbonyl (C=O) groups excluding carboxylic acids is 1. The molecule has 1 saturated carbocycles. The van der Waals surface area contributed by atoms with E-state index in [1.165, 1.54) is 12.1 Å². The van der Waals surface area contributed by atoms with Gasteiger partial charge in [0.05, 0.1) is 4.92 Å². The van der Waals surface area contributed by atoms with Crippen molar-refractivity contribution in [3.8, 4) is 0 Å². The van der Waals surface area contributed by atoms with E-state index in [9.17, 15) is 14.9 Å². The molecule has 0 aliphatic heterocycles. The molecule has 1 aliphatic rings. The molecule has 0 spiro atoms. The minimum absolute atomic E-state index is 0.000498. The van der Waals surface area contributed by atoms with Gasteiger partial charge in [-0.1, -0.05) is 15.9 Å². The van der Waals surface area contributed by atoms with Gasteiger partial charge in [-0.15, -0.1) is 0 Å². The molecule has 2 rings (SSSR count). The number of non-ortho nitro benzene ring substituents is 1. The number of likely N-dealkylation sites (N-methyl/N-ethyl adjacent to an activating group) is 1. The number of nitrogens with two attached hydrogens (primary N) is 1. The molecule has 0 bridgehead atoms. The molecule has 0 heterocycles. The number of amides is 1. The Morgan fingerprint density at radius 2 is 2.20 bits per heavy atom. The average molecular weight is 342 g/mol. The quantitative estimate of drug-likeness (QED) is 0.656. The van der Waals surface area contributed by atoms with E-state index >= 15 is 0 Å². The van der Waals surface area contributed by atoms with Crippen LogP contribution in [0.1, 0.15) is 23.2 Å². The zero-order valence-electron chi connectivity index (χ0n) is 11.1. The SMILES string of the molecule is CN(C(=O)c1cc(Br)cc([N+](=O)[O-])c1)C(CN)C1CC1. The lowest BCUT2D eigenvalue weighted by Crippen LogP contribution is -2.43. The molecular weight excluding hydrogens is 326 g/mol. The van der Waals surface area contributed by atoms with Gasteiger partial charge in [0.2, 0.25) is 0 Å². The highest BCUT2D eigenvalue weighted by atomic mass is 79.9. The molecule has 1 atom stereocenters. The van der Waals surface area contributed by atoms with Gasteiger partial charge >= 0.3 is 0 Å². The molecule has 0 radical (unpaired) electrons. The largest absolute Gasteiger partial charge is 0.337 e. The summed E-state index contributed by atoms with van der Waals surface area (Å²) in [5, 5.41) is 10.8. The van der Waals surface area contributed by atoms with E-state index < -0.39 is 4.92 Å². The number of nitro benzene ring substituents is 1. The lowest BCUT2D eigenvalue weighted by atomic mass is 10.1. The van der Waals surface area contributed by atoms with Crippen LogP contribution in [0.5, 0.6) is 0 Å². The first-order valence-electron chi connectivity index (χ1n) is 6.36. The molecule has 1 fully saturated rings. The topological polar surface area (TPSA) is 89.5 Å². The number of benzene rings is 1. The fourth-order valence-electron chi connectivity index (χ4n) is 2.31. The monoisotopic (exact) mass is 341 g/mol. The summed E-state index contributed by atoms with van der Waals surface area (Å²) in [5.74, 6) is 0.216. The maximum atomic E-state index is 12.4. The summed E-state index contributed by atoms with van der Waals surface area (Å²) in [7, 11) is 1.70. The Morgan fingerprint density at radius 3 is 2.70 bits per heavy atom. The summed E-state index contributed by atoms with van der Waals surface area (Å²) in [5.41, 5.74) is 5.92. The Bertz CT molecular complexity index is 546. The first-order valence-corrected chi connectivity index (χ1v) is 7.15. The lowest BCUT2D eigenvalue weighted by Gasteiger charge is -2.27. The van der Waals surface area contributed by atoms with E-state index in [2.05, 4.69) is 15.9 Å². The number of carbonyl (C=O) groups is 1. The molecule has 1 aliphatic carbocycles. The third kappa shape index (κ3) is 3.16. The van der Waals surface area contributed by atoms with Crippen LogP contribution in [0.3, 0.4) is 0 Å². The van der Waals surface area contributed by atoms with E-state index in [4.69, 9.17) is 5.73 Å². The van der Waals surface area contributed by atoms with Crippen LogP contribution in [0.15, 0.2) is 22.7 Å². The van der Waals surface area contributed by atoms with Gasteiger partial charge in [-0.05, 0) is 24.8 Å². The number of hydrogen-bond donors (Lipinski definition) is 1. The van der Waals surface area contributed by atoms with Crippen LogP contribution in [-0.4, -0.2) is 35.4 Å². The maximum absolute atomic E-state index is 12.4. The Kier molecular flexibility index (Phi) is 4.39. The van der Waals surface area contributed by atoms with E-state index in [0.29, 0.717) is 22.5 Å². The van der Waals surface area contributed by atoms with Crippen molar-refractivity contribution in [3.05, 3.63) is 38.3 Å². The standard InChI is InChI=1S/C13H16BrN3O3/c1-16(12(7-15)8-2-3-8)13(18)9-4-10(14)6-11(5-9)17(19)20/h4-6,8,12H,2-3,7,15H2,1H3. The Morgan fingerprint density at radius 1 is 1.55 bits per heavy atom. The van der Waals surface area contributed by atoms with Crippen molar-refractivity contribution in [2.24, 2.45) is 11.7 Å². The summed E-state index contributed by atoms with van der Waals surface area (Å²) >= 11 is 3.19. The van der Waals surface area contributed by atoms with Crippen LogP contribution in [0.4, 0.5) is 5.69 Å². The van der Waals surface area contributed by atoms with E-state index in [-0.39, 0.29) is 17.6 Å². The van der Waals surface area contributed by atoms with Gasteiger partial charge in [-0.3, -0.25) is 14.9 Å². The molecule has 1 unspecified atom stereocenters. The molecule has 0 aromatic heterocycles. The van der Waals surface area contributed by atoms with Crippen molar-refractivity contribution in [1.82, 2.24) is 4.90 Å². The highest BCUT2D eigenvalue weighted by Crippen LogP contribution is 2.35. The van der Waals surface area contributed by atoms with Gasteiger partial charge < -0.3 is 10.6 Å². The highest BCUT2D eigenvalue weighted by molar-refractivity contribution is 9.10. The van der Waals surface area contributed by atoms with Gasteiger partial charge in [-0.2, -0.15) is 0 Å². The van der Waals surface area contributed by atoms with Gasteiger partial charge in [0, 0.05) is 41.8 Å². The van der Waals surface area contributed by atoms with Crippen molar-refractivity contribution in [2.45, 2.75) is 18.9 Å². The fourth-order valence-corrected chi connectivity index (χ4v) is 2.79. The zero-order chi connectivity index (χ0) is 14.9. The fraction of sp³-hybridized carbons (Fsp3) is 0.462. The zero-order valence-corrected chi connectivity index (χ0v) is 12.7. The van der Waals surface area contributed by atoms with Gasteiger partial charge in [0.1, 0.15) is 0 Å². The number of nitrogens with zero attached hydrogens (tertiary/aromatic N) is 2. The van der Waals surface area contributed by atoms with Crippen LogP contribution in [0.2, 0.25) is 0 Å². The second kappa shape index (κ2) is 5.88. The minimum Gasteiger partial charge on any atom is -0.337 e. The lowest BCUT2D eigenvalue weighted by molar-refractivity contribution is -0.385. The smallest absolute Gasteiger partial charge is 0.271 e. The second-order valence-electron chi connectivity index (χ2n) is 5.01. The van der Waals surface area contributed by atoms with Gasteiger partial charge in [0.15, 0.2) is 0 Å². The van der Waals surface area contributed by atoms with E-state index in [1.54, 1.807) is 18.0 Å². The predicted octanol–water partition coefficient (Wildman–Crippen LogP) is 2.17. The average Bonchev–Trinajstić information content (AvgIpc) is 3.22. The summed E-state index contributed by atoms with van der Waals surface area (Å²) in [6.07, 6.45) is 2.16. The third-order valence-electron chi connectivity index (χ3n) is 3.57. The van der Waals surface area contributed by atoms with Crippen LogP contribution in [0.25, 0.3) is 0 Å². The summed E-state index contributed by atoms with van der Waals surface area (Å²) in [4.78, 5) is 24.4. The highest BCUT2D eigenvalue weighted by Gasteiger charge is 2.35. The van der Waals surface area contributed by atoms with Gasteiger partial charge in [-0.25, -0.2) is 0 Å². The molecular formula is C13H16BrN3O3. The molecule has 0 saturated heterocycles. The second-order valence-corrected chi connectivity index (χ2v) is 5.93. The Balaban J connectivity index is 2.25. The van der Waals surface area contributed by atoms with Crippen LogP contribution in [0, 0.1) is 16.0 Å². The predicted molar refractivity (Wildman–Crippen MR) is 78.5 cm³/mol. The summed E-state index contributed by atoms with van der Waals surface area (Å²) < 4.78 is 0.513. The molecule has 1 aromatic rings. The van der Waals surface area contributed by atoms with E-state index in [1.807, 2.05) is 0 Å². The molecule has 1 aromatic carbocycles. The number of hydrogen-bond acceptors (Lipinski definition) is 4. The van der Waals surface area contributed by atoms with Gasteiger partial charge in [0.25, 0.3) is 11.6 Å². The number of nitro groups is 1. The molecule has 1 amide bonds. The number of halogens is 1. The third-order valence-corrected chi connectivity index (χ3v) is 4.02. The minimum atomic E-state index is -0.511. The number of rotatable bonds is 5. The van der Waals surface area contributed by atoms with Crippen molar-refractivity contribution in [1.29, 1.82) is 0 Å². The Labute approximate surface area is 125 Å². The first kappa shape index (κ1) is 14.9. The summed E-state index contributed by atoms with van der Waals surface area (Å²) in [6.45, 7) is 0.406. The van der Waals surface area contributed by atoms with Crippen molar-refractivity contribution >= 4 is 27.5 Å². The first-order chi connectivity index (χ1) is 9.43. The van der Waals surface area contributed by atoms with E-state index in [0.717, 1.165) is 12.8 Å². The summed E-state index contributed by atoms with van der Waals surface area (Å²) in [6, 6.07) is 4.26. The van der Waals surface area contributed by atoms with Crippen LogP contribution < -0.4 is 5.73 Å². The molecule has 7 heteroatoms. The van der Waals surface area contributed by atoms with Crippen LogP contribution in [-0.2, 0) is 0 Å². The Hall–Kier alpha value is -1.47. The maximum Gasteiger partial charge on any atom is 0.271 e. The molecule has 2 N–H and O–H groups in total. The van der Waals surface area contributed by atoms with Crippen molar-refractivity contribution in [2.75, 3.05) is 13.6 Å². The van der Waals surface area contributed by atoms with Crippen molar-refractivity contribution < 1.29 is 9.72 Å². The van der Waals surface area contributed by atoms with Crippen molar-refractivity contribution in [3.63, 3.8) is 0 Å². The van der Waals surface area contributed by atoms with Crippen LogP contribution >= 0.6 is 15.9 Å². The normalized spacial score (nSPS) is 15.8. The molecule has 20 heavy (non-hydrogen) atoms. The molecule has 108 valence electrons.